The minimum Gasteiger partial charge on any atom is -0.268 e. The third-order valence-electron chi connectivity index (χ3n) is 3.30. The predicted molar refractivity (Wildman–Crippen MR) is 68.4 cm³/mol. The Morgan fingerprint density at radius 1 is 1.44 bits per heavy atom. The quantitative estimate of drug-likeness (QED) is 0.745. The summed E-state index contributed by atoms with van der Waals surface area (Å²) < 4.78 is 2.04. The number of hydrogen-bond donors (Lipinski definition) is 0. The van der Waals surface area contributed by atoms with E-state index in [9.17, 15) is 0 Å². The first kappa shape index (κ1) is 12.3. The van der Waals surface area contributed by atoms with Crippen molar-refractivity contribution in [2.75, 3.05) is 0 Å². The van der Waals surface area contributed by atoms with Crippen molar-refractivity contribution >= 4 is 23.2 Å². The van der Waals surface area contributed by atoms with Crippen LogP contribution in [0.4, 0.5) is 0 Å². The van der Waals surface area contributed by atoms with Crippen LogP contribution in [-0.4, -0.2) is 15.2 Å². The van der Waals surface area contributed by atoms with Crippen molar-refractivity contribution in [3.05, 3.63) is 16.9 Å². The molecule has 0 aliphatic heterocycles. The van der Waals surface area contributed by atoms with Gasteiger partial charge < -0.3 is 0 Å². The van der Waals surface area contributed by atoms with Crippen LogP contribution in [0.3, 0.4) is 0 Å². The number of alkyl halides is 1. The SMILES string of the molecule is CCCn1ncc(Cl)c1C1CCCCC1Cl. The normalized spacial score (nSPS) is 25.9. The van der Waals surface area contributed by atoms with Crippen LogP contribution in [0.15, 0.2) is 6.20 Å². The average molecular weight is 261 g/mol. The van der Waals surface area contributed by atoms with Gasteiger partial charge in [0.1, 0.15) is 0 Å². The van der Waals surface area contributed by atoms with Gasteiger partial charge in [-0.1, -0.05) is 31.4 Å². The van der Waals surface area contributed by atoms with E-state index in [2.05, 4.69) is 12.0 Å². The molecule has 1 aliphatic rings. The monoisotopic (exact) mass is 260 g/mol. The van der Waals surface area contributed by atoms with Crippen LogP contribution < -0.4 is 0 Å². The summed E-state index contributed by atoms with van der Waals surface area (Å²) in [5.74, 6) is 0.386. The molecule has 1 saturated carbocycles. The lowest BCUT2D eigenvalue weighted by molar-refractivity contribution is 0.420. The number of hydrogen-bond acceptors (Lipinski definition) is 1. The van der Waals surface area contributed by atoms with Gasteiger partial charge in [-0.3, -0.25) is 4.68 Å². The maximum atomic E-state index is 6.42. The van der Waals surface area contributed by atoms with Gasteiger partial charge >= 0.3 is 0 Å². The molecule has 0 N–H and O–H groups in total. The standard InChI is InChI=1S/C12H18Cl2N2/c1-2-7-16-12(11(14)8-15-16)9-5-3-4-6-10(9)13/h8-10H,2-7H2,1H3. The van der Waals surface area contributed by atoms with E-state index in [0.29, 0.717) is 5.92 Å². The minimum absolute atomic E-state index is 0.221. The number of aryl methyl sites for hydroxylation is 1. The van der Waals surface area contributed by atoms with Gasteiger partial charge in [0.2, 0.25) is 0 Å². The van der Waals surface area contributed by atoms with E-state index in [-0.39, 0.29) is 5.38 Å². The Morgan fingerprint density at radius 3 is 2.88 bits per heavy atom. The van der Waals surface area contributed by atoms with Gasteiger partial charge in [0, 0.05) is 17.8 Å². The van der Waals surface area contributed by atoms with E-state index in [4.69, 9.17) is 23.2 Å². The van der Waals surface area contributed by atoms with Gasteiger partial charge in [-0.25, -0.2) is 0 Å². The fourth-order valence-corrected chi connectivity index (χ4v) is 3.21. The molecular weight excluding hydrogens is 243 g/mol. The average Bonchev–Trinajstić information content (AvgIpc) is 2.62. The van der Waals surface area contributed by atoms with Gasteiger partial charge in [0.05, 0.1) is 16.9 Å². The van der Waals surface area contributed by atoms with E-state index in [0.717, 1.165) is 36.5 Å². The predicted octanol–water partition coefficient (Wildman–Crippen LogP) is 4.21. The molecular formula is C12H18Cl2N2. The molecule has 0 bridgehead atoms. The lowest BCUT2D eigenvalue weighted by Crippen LogP contribution is -2.21. The van der Waals surface area contributed by atoms with Crippen LogP contribution in [0.2, 0.25) is 5.02 Å². The summed E-state index contributed by atoms with van der Waals surface area (Å²) in [7, 11) is 0. The fourth-order valence-electron chi connectivity index (χ4n) is 2.52. The van der Waals surface area contributed by atoms with Crippen LogP contribution in [0.5, 0.6) is 0 Å². The maximum Gasteiger partial charge on any atom is 0.0821 e. The second-order valence-electron chi connectivity index (χ2n) is 4.51. The van der Waals surface area contributed by atoms with Crippen LogP contribution in [-0.2, 0) is 6.54 Å². The molecule has 2 nitrogen and oxygen atoms in total. The van der Waals surface area contributed by atoms with Crippen molar-refractivity contribution in [1.82, 2.24) is 9.78 Å². The summed E-state index contributed by atoms with van der Waals surface area (Å²) in [6.07, 6.45) is 7.56. The highest BCUT2D eigenvalue weighted by Gasteiger charge is 2.29. The lowest BCUT2D eigenvalue weighted by atomic mass is 9.86. The topological polar surface area (TPSA) is 17.8 Å². The molecule has 2 unspecified atom stereocenters. The van der Waals surface area contributed by atoms with Crippen molar-refractivity contribution in [2.24, 2.45) is 0 Å². The Hall–Kier alpha value is -0.210. The highest BCUT2D eigenvalue weighted by molar-refractivity contribution is 6.31. The molecule has 0 spiro atoms. The number of rotatable bonds is 3. The van der Waals surface area contributed by atoms with E-state index < -0.39 is 0 Å². The van der Waals surface area contributed by atoms with Gasteiger partial charge in [-0.2, -0.15) is 5.10 Å². The molecule has 1 aromatic heterocycles. The molecule has 4 heteroatoms. The Morgan fingerprint density at radius 2 is 2.19 bits per heavy atom. The number of aromatic nitrogens is 2. The van der Waals surface area contributed by atoms with Crippen LogP contribution >= 0.6 is 23.2 Å². The summed E-state index contributed by atoms with van der Waals surface area (Å²) in [6, 6.07) is 0. The lowest BCUT2D eigenvalue weighted by Gasteiger charge is -2.28. The molecule has 1 aliphatic carbocycles. The van der Waals surface area contributed by atoms with E-state index in [1.54, 1.807) is 6.20 Å². The summed E-state index contributed by atoms with van der Waals surface area (Å²) in [4.78, 5) is 0. The van der Waals surface area contributed by atoms with E-state index in [1.807, 2.05) is 4.68 Å². The van der Waals surface area contributed by atoms with Crippen molar-refractivity contribution in [3.63, 3.8) is 0 Å². The second-order valence-corrected chi connectivity index (χ2v) is 5.48. The first-order valence-electron chi connectivity index (χ1n) is 6.09. The third kappa shape index (κ3) is 2.38. The molecule has 1 fully saturated rings. The molecule has 2 rings (SSSR count). The van der Waals surface area contributed by atoms with Gasteiger partial charge in [0.25, 0.3) is 0 Å². The first-order chi connectivity index (χ1) is 7.74. The number of halogens is 2. The fraction of sp³-hybridized carbons (Fsp3) is 0.750. The largest absolute Gasteiger partial charge is 0.268 e. The van der Waals surface area contributed by atoms with Crippen LogP contribution in [0, 0.1) is 0 Å². The Kier molecular flexibility index (Phi) is 4.15. The summed E-state index contributed by atoms with van der Waals surface area (Å²) in [5.41, 5.74) is 1.16. The zero-order valence-corrected chi connectivity index (χ0v) is 11.1. The molecule has 90 valence electrons. The molecule has 0 radical (unpaired) electrons. The molecule has 1 heterocycles. The van der Waals surface area contributed by atoms with Crippen LogP contribution in [0.1, 0.15) is 50.6 Å². The van der Waals surface area contributed by atoms with E-state index in [1.165, 1.54) is 12.8 Å². The Bertz CT molecular complexity index is 349. The molecule has 0 amide bonds. The highest BCUT2D eigenvalue weighted by atomic mass is 35.5. The zero-order valence-electron chi connectivity index (χ0n) is 9.63. The second kappa shape index (κ2) is 5.42. The van der Waals surface area contributed by atoms with E-state index >= 15 is 0 Å². The first-order valence-corrected chi connectivity index (χ1v) is 6.90. The van der Waals surface area contributed by atoms with Crippen molar-refractivity contribution in [3.8, 4) is 0 Å². The minimum atomic E-state index is 0.221. The third-order valence-corrected chi connectivity index (χ3v) is 4.12. The smallest absolute Gasteiger partial charge is 0.0821 e. The zero-order chi connectivity index (χ0) is 11.5. The van der Waals surface area contributed by atoms with Gasteiger partial charge in [-0.05, 0) is 19.3 Å². The van der Waals surface area contributed by atoms with Crippen molar-refractivity contribution in [1.29, 1.82) is 0 Å². The Balaban J connectivity index is 2.26. The highest BCUT2D eigenvalue weighted by Crippen LogP contribution is 2.39. The van der Waals surface area contributed by atoms with Gasteiger partial charge in [0.15, 0.2) is 0 Å². The maximum absolute atomic E-state index is 6.42. The van der Waals surface area contributed by atoms with Crippen molar-refractivity contribution in [2.45, 2.75) is 56.9 Å². The Labute approximate surface area is 107 Å². The molecule has 0 saturated heterocycles. The van der Waals surface area contributed by atoms with Crippen molar-refractivity contribution < 1.29 is 0 Å². The molecule has 0 aromatic carbocycles. The summed E-state index contributed by atoms with van der Waals surface area (Å²) in [6.45, 7) is 3.08. The molecule has 2 atom stereocenters. The molecule has 16 heavy (non-hydrogen) atoms. The van der Waals surface area contributed by atoms with Crippen LogP contribution in [0.25, 0.3) is 0 Å². The summed E-state index contributed by atoms with van der Waals surface area (Å²) in [5, 5.41) is 5.35. The number of nitrogens with zero attached hydrogens (tertiary/aromatic N) is 2. The molecule has 1 aromatic rings. The van der Waals surface area contributed by atoms with Gasteiger partial charge in [-0.15, -0.1) is 11.6 Å². The summed E-state index contributed by atoms with van der Waals surface area (Å²) >= 11 is 12.7.